The fourth-order valence-corrected chi connectivity index (χ4v) is 3.63. The fourth-order valence-electron chi connectivity index (χ4n) is 3.63. The van der Waals surface area contributed by atoms with E-state index < -0.39 is 17.5 Å². The van der Waals surface area contributed by atoms with E-state index in [2.05, 4.69) is 25.4 Å². The number of hydrogen-bond acceptors (Lipinski definition) is 6. The minimum Gasteiger partial charge on any atom is -0.359 e. The molecule has 0 unspecified atom stereocenters. The molecule has 0 atom stereocenters. The van der Waals surface area contributed by atoms with Crippen LogP contribution < -0.4 is 0 Å². The van der Waals surface area contributed by atoms with Gasteiger partial charge in [-0.2, -0.15) is 15.4 Å². The second-order valence-electron chi connectivity index (χ2n) is 7.57. The molecule has 174 valence electrons. The highest BCUT2D eigenvalue weighted by molar-refractivity contribution is 6.45. The first kappa shape index (κ1) is 22.8. The van der Waals surface area contributed by atoms with Crippen molar-refractivity contribution in [3.05, 3.63) is 65.9 Å². The number of benzene rings is 1. The Morgan fingerprint density at radius 3 is 2.53 bits per heavy atom. The molecule has 11 heteroatoms. The van der Waals surface area contributed by atoms with Gasteiger partial charge in [0.2, 0.25) is 0 Å². The van der Waals surface area contributed by atoms with E-state index in [-0.39, 0.29) is 42.0 Å². The van der Waals surface area contributed by atoms with Crippen LogP contribution in [-0.4, -0.2) is 79.5 Å². The number of carbonyl (C=O) groups excluding carboxylic acids is 3. The smallest absolute Gasteiger partial charge is 0.295 e. The maximum atomic E-state index is 14.7. The van der Waals surface area contributed by atoms with Gasteiger partial charge >= 0.3 is 0 Å². The van der Waals surface area contributed by atoms with Gasteiger partial charge in [-0.3, -0.25) is 14.4 Å². The summed E-state index contributed by atoms with van der Waals surface area (Å²) in [7, 11) is 1.63. The molecule has 0 saturated carbocycles. The molecule has 0 fully saturated rings. The van der Waals surface area contributed by atoms with E-state index in [0.717, 1.165) is 6.20 Å². The van der Waals surface area contributed by atoms with E-state index >= 15 is 0 Å². The summed E-state index contributed by atoms with van der Waals surface area (Å²) in [5.74, 6) is -2.58. The third kappa shape index (κ3) is 4.27. The number of H-pyrrole nitrogens is 2. The number of amides is 2. The highest BCUT2D eigenvalue weighted by atomic mass is 19.1. The number of halogens is 1. The largest absolute Gasteiger partial charge is 0.359 e. The standard InChI is InChI=1S/C23H22FN7O3/c1-3-31(10-9-30(2)22(33)14-7-5-4-6-8-14)23(34)21(32)15-11-25-20-18(15)16(24)12-26-19(20)17-13-27-29-28-17/h4-8,11-13,25H,3,9-10H2,1-2H3,(H,27,28,29). The van der Waals surface area contributed by atoms with Gasteiger partial charge in [-0.05, 0) is 19.1 Å². The van der Waals surface area contributed by atoms with Crippen molar-refractivity contribution in [1.82, 2.24) is 35.2 Å². The molecule has 1 aromatic carbocycles. The minimum atomic E-state index is -0.860. The number of pyridine rings is 1. The monoisotopic (exact) mass is 463 g/mol. The van der Waals surface area contributed by atoms with Crippen molar-refractivity contribution in [2.75, 3.05) is 26.7 Å². The summed E-state index contributed by atoms with van der Waals surface area (Å²) >= 11 is 0. The van der Waals surface area contributed by atoms with Crippen molar-refractivity contribution in [2.45, 2.75) is 6.92 Å². The number of likely N-dealkylation sites (N-methyl/N-ethyl adjacent to an activating group) is 2. The first-order valence-electron chi connectivity index (χ1n) is 10.6. The molecule has 2 N–H and O–H groups in total. The molecule has 0 saturated heterocycles. The quantitative estimate of drug-likeness (QED) is 0.305. The highest BCUT2D eigenvalue weighted by Gasteiger charge is 2.28. The van der Waals surface area contributed by atoms with E-state index in [0.29, 0.717) is 17.0 Å². The van der Waals surface area contributed by atoms with Gasteiger partial charge in [-0.1, -0.05) is 18.2 Å². The summed E-state index contributed by atoms with van der Waals surface area (Å²) in [6, 6.07) is 8.77. The van der Waals surface area contributed by atoms with Gasteiger partial charge in [0.05, 0.1) is 28.9 Å². The van der Waals surface area contributed by atoms with Crippen molar-refractivity contribution in [3.8, 4) is 11.4 Å². The maximum absolute atomic E-state index is 14.7. The number of nitrogens with zero attached hydrogens (tertiary/aromatic N) is 5. The molecule has 0 aliphatic heterocycles. The number of nitrogens with one attached hydrogen (secondary N) is 2. The lowest BCUT2D eigenvalue weighted by molar-refractivity contribution is -0.126. The van der Waals surface area contributed by atoms with Crippen LogP contribution >= 0.6 is 0 Å². The van der Waals surface area contributed by atoms with Crippen LogP contribution in [0.15, 0.2) is 48.9 Å². The van der Waals surface area contributed by atoms with Crippen LogP contribution in [0, 0.1) is 5.82 Å². The lowest BCUT2D eigenvalue weighted by atomic mass is 10.1. The molecule has 0 aliphatic carbocycles. The Balaban J connectivity index is 1.52. The summed E-state index contributed by atoms with van der Waals surface area (Å²) in [5.41, 5.74) is 1.32. The molecule has 0 bridgehead atoms. The number of rotatable bonds is 8. The zero-order valence-electron chi connectivity index (χ0n) is 18.6. The SMILES string of the molecule is CCN(CCN(C)C(=O)c1ccccc1)C(=O)C(=O)c1c[nH]c2c(-c3cn[nH]n3)ncc(F)c12. The number of carbonyl (C=O) groups is 3. The number of fused-ring (bicyclic) bond motifs is 1. The second-order valence-corrected chi connectivity index (χ2v) is 7.57. The van der Waals surface area contributed by atoms with Gasteiger partial charge in [-0.15, -0.1) is 0 Å². The third-order valence-electron chi connectivity index (χ3n) is 5.50. The number of aromatic amines is 2. The van der Waals surface area contributed by atoms with E-state index in [9.17, 15) is 18.8 Å². The first-order valence-corrected chi connectivity index (χ1v) is 10.6. The molecule has 3 aromatic heterocycles. The molecule has 10 nitrogen and oxygen atoms in total. The normalized spacial score (nSPS) is 10.9. The zero-order valence-corrected chi connectivity index (χ0v) is 18.6. The highest BCUT2D eigenvalue weighted by Crippen LogP contribution is 2.29. The lowest BCUT2D eigenvalue weighted by Gasteiger charge is -2.24. The Hall–Kier alpha value is -4.41. The predicted molar refractivity (Wildman–Crippen MR) is 121 cm³/mol. The molecular weight excluding hydrogens is 441 g/mol. The first-order chi connectivity index (χ1) is 16.4. The summed E-state index contributed by atoms with van der Waals surface area (Å²) in [4.78, 5) is 48.3. The summed E-state index contributed by atoms with van der Waals surface area (Å²) < 4.78 is 14.7. The Morgan fingerprint density at radius 2 is 1.85 bits per heavy atom. The van der Waals surface area contributed by atoms with Crippen LogP contribution in [0.2, 0.25) is 0 Å². The molecule has 2 amide bonds. The average Bonchev–Trinajstić information content (AvgIpc) is 3.55. The van der Waals surface area contributed by atoms with E-state index in [1.165, 1.54) is 22.2 Å². The molecular formula is C23H22FN7O3. The second kappa shape index (κ2) is 9.61. The molecule has 0 aliphatic rings. The lowest BCUT2D eigenvalue weighted by Crippen LogP contribution is -2.42. The Kier molecular flexibility index (Phi) is 6.44. The van der Waals surface area contributed by atoms with Crippen LogP contribution in [0.1, 0.15) is 27.6 Å². The minimum absolute atomic E-state index is 0.0428. The maximum Gasteiger partial charge on any atom is 0.295 e. The number of hydrogen-bond donors (Lipinski definition) is 2. The molecule has 4 rings (SSSR count). The predicted octanol–water partition coefficient (Wildman–Crippen LogP) is 2.29. The third-order valence-corrected chi connectivity index (χ3v) is 5.50. The van der Waals surface area contributed by atoms with Crippen molar-refractivity contribution in [2.24, 2.45) is 0 Å². The van der Waals surface area contributed by atoms with Gasteiger partial charge in [0.25, 0.3) is 17.6 Å². The molecule has 4 aromatic rings. The Morgan fingerprint density at radius 1 is 1.09 bits per heavy atom. The summed E-state index contributed by atoms with van der Waals surface area (Å²) in [6.45, 7) is 2.34. The van der Waals surface area contributed by atoms with Gasteiger partial charge in [0, 0.05) is 38.4 Å². The molecule has 3 heterocycles. The number of ketones is 1. The van der Waals surface area contributed by atoms with E-state index in [1.807, 2.05) is 6.07 Å². The van der Waals surface area contributed by atoms with Crippen LogP contribution in [0.5, 0.6) is 0 Å². The molecule has 34 heavy (non-hydrogen) atoms. The van der Waals surface area contributed by atoms with E-state index in [1.54, 1.807) is 38.2 Å². The molecule has 0 radical (unpaired) electrons. The summed E-state index contributed by atoms with van der Waals surface area (Å²) in [5, 5.41) is 10.1. The van der Waals surface area contributed by atoms with Crippen molar-refractivity contribution in [1.29, 1.82) is 0 Å². The Labute approximate surface area is 193 Å². The topological polar surface area (TPSA) is 128 Å². The van der Waals surface area contributed by atoms with E-state index in [4.69, 9.17) is 0 Å². The average molecular weight is 463 g/mol. The molecule has 0 spiro atoms. The van der Waals surface area contributed by atoms with Gasteiger partial charge in [0.1, 0.15) is 11.4 Å². The Bertz CT molecular complexity index is 1340. The van der Waals surface area contributed by atoms with Crippen molar-refractivity contribution >= 4 is 28.5 Å². The van der Waals surface area contributed by atoms with Crippen molar-refractivity contribution < 1.29 is 18.8 Å². The van der Waals surface area contributed by atoms with Crippen LogP contribution in [0.25, 0.3) is 22.3 Å². The van der Waals surface area contributed by atoms with Gasteiger partial charge in [-0.25, -0.2) is 9.37 Å². The van der Waals surface area contributed by atoms with Crippen LogP contribution in [0.4, 0.5) is 4.39 Å². The van der Waals surface area contributed by atoms with Gasteiger partial charge in [0.15, 0.2) is 5.82 Å². The van der Waals surface area contributed by atoms with Crippen molar-refractivity contribution in [3.63, 3.8) is 0 Å². The number of aromatic nitrogens is 5. The fraction of sp³-hybridized carbons (Fsp3) is 0.217. The zero-order chi connectivity index (χ0) is 24.2. The number of Topliss-reactive ketones (excluding diaryl/α,β-unsaturated/α-hetero) is 1. The van der Waals surface area contributed by atoms with Crippen LogP contribution in [0.3, 0.4) is 0 Å². The van der Waals surface area contributed by atoms with Crippen LogP contribution in [-0.2, 0) is 4.79 Å². The van der Waals surface area contributed by atoms with Gasteiger partial charge < -0.3 is 14.8 Å². The summed E-state index contributed by atoms with van der Waals surface area (Å²) in [6.07, 6.45) is 3.68.